The summed E-state index contributed by atoms with van der Waals surface area (Å²) in [5.74, 6) is 0.514. The summed E-state index contributed by atoms with van der Waals surface area (Å²) in [7, 11) is 1.61. The third-order valence-electron chi connectivity index (χ3n) is 2.78. The van der Waals surface area contributed by atoms with Gasteiger partial charge in [-0.1, -0.05) is 18.2 Å². The molecule has 4 nitrogen and oxygen atoms in total. The average molecular weight is 332 g/mol. The van der Waals surface area contributed by atoms with Crippen LogP contribution < -0.4 is 15.4 Å². The van der Waals surface area contributed by atoms with Crippen molar-refractivity contribution in [2.24, 2.45) is 0 Å². The molecule has 0 bridgehead atoms. The molecular formula is C16H16N2O2S2. The Kier molecular flexibility index (Phi) is 6.12. The summed E-state index contributed by atoms with van der Waals surface area (Å²) in [6.07, 6.45) is 3.16. The van der Waals surface area contributed by atoms with Gasteiger partial charge in [-0.25, -0.2) is 0 Å². The normalized spacial score (nSPS) is 10.4. The maximum absolute atomic E-state index is 11.8. The first-order valence-corrected chi connectivity index (χ1v) is 7.89. The van der Waals surface area contributed by atoms with E-state index in [1.807, 2.05) is 41.8 Å². The highest BCUT2D eigenvalue weighted by Gasteiger charge is 2.01. The summed E-state index contributed by atoms with van der Waals surface area (Å²) in [6.45, 7) is 0.610. The zero-order chi connectivity index (χ0) is 15.8. The van der Waals surface area contributed by atoms with Gasteiger partial charge in [0.25, 0.3) is 0 Å². The molecule has 0 aliphatic rings. The topological polar surface area (TPSA) is 50.4 Å². The van der Waals surface area contributed by atoms with Crippen LogP contribution in [0.1, 0.15) is 10.4 Å². The van der Waals surface area contributed by atoms with Gasteiger partial charge in [0.1, 0.15) is 5.75 Å². The predicted octanol–water partition coefficient (Wildman–Crippen LogP) is 2.96. The van der Waals surface area contributed by atoms with Crippen LogP contribution in [0.5, 0.6) is 5.75 Å². The van der Waals surface area contributed by atoms with Gasteiger partial charge >= 0.3 is 0 Å². The van der Waals surface area contributed by atoms with E-state index in [2.05, 4.69) is 10.6 Å². The van der Waals surface area contributed by atoms with Crippen molar-refractivity contribution in [1.82, 2.24) is 10.6 Å². The molecule has 0 aliphatic carbocycles. The summed E-state index contributed by atoms with van der Waals surface area (Å²) >= 11 is 6.71. The van der Waals surface area contributed by atoms with E-state index in [-0.39, 0.29) is 5.91 Å². The van der Waals surface area contributed by atoms with Crippen LogP contribution in [-0.4, -0.2) is 18.1 Å². The molecule has 114 valence electrons. The van der Waals surface area contributed by atoms with Crippen molar-refractivity contribution >= 4 is 40.7 Å². The van der Waals surface area contributed by atoms with Gasteiger partial charge in [-0.2, -0.15) is 0 Å². The second kappa shape index (κ2) is 8.31. The van der Waals surface area contributed by atoms with Gasteiger partial charge in [0.15, 0.2) is 5.11 Å². The molecule has 0 saturated heterocycles. The second-order valence-corrected chi connectivity index (χ2v) is 5.80. The van der Waals surface area contributed by atoms with E-state index in [0.29, 0.717) is 11.7 Å². The number of hydrogen-bond donors (Lipinski definition) is 2. The summed E-state index contributed by atoms with van der Waals surface area (Å²) in [6, 6.07) is 11.4. The Bertz CT molecular complexity index is 649. The number of methoxy groups -OCH3 is 1. The molecule has 0 spiro atoms. The molecule has 22 heavy (non-hydrogen) atoms. The first kappa shape index (κ1) is 16.2. The molecule has 2 aromatic rings. The Labute approximate surface area is 138 Å². The molecule has 0 fully saturated rings. The quantitative estimate of drug-likeness (QED) is 0.653. The lowest BCUT2D eigenvalue weighted by Crippen LogP contribution is -2.37. The minimum atomic E-state index is -0.264. The van der Waals surface area contributed by atoms with Gasteiger partial charge in [0.05, 0.1) is 13.7 Å². The van der Waals surface area contributed by atoms with Crippen molar-refractivity contribution in [3.8, 4) is 5.75 Å². The number of ether oxygens (including phenoxy) is 1. The van der Waals surface area contributed by atoms with Gasteiger partial charge in [-0.15, -0.1) is 11.3 Å². The van der Waals surface area contributed by atoms with Gasteiger partial charge in [-0.05, 0) is 47.4 Å². The van der Waals surface area contributed by atoms with E-state index in [9.17, 15) is 4.79 Å². The van der Waals surface area contributed by atoms with Crippen LogP contribution >= 0.6 is 23.6 Å². The molecule has 1 amide bonds. The molecule has 0 radical (unpaired) electrons. The smallest absolute Gasteiger partial charge is 0.250 e. The van der Waals surface area contributed by atoms with Crippen LogP contribution in [0.3, 0.4) is 0 Å². The largest absolute Gasteiger partial charge is 0.497 e. The zero-order valence-electron chi connectivity index (χ0n) is 12.0. The number of rotatable bonds is 5. The van der Waals surface area contributed by atoms with E-state index >= 15 is 0 Å². The Balaban J connectivity index is 1.78. The minimum Gasteiger partial charge on any atom is -0.497 e. The third kappa shape index (κ3) is 5.31. The van der Waals surface area contributed by atoms with Crippen molar-refractivity contribution in [2.75, 3.05) is 7.11 Å². The zero-order valence-corrected chi connectivity index (χ0v) is 13.7. The van der Waals surface area contributed by atoms with E-state index in [4.69, 9.17) is 17.0 Å². The first-order valence-electron chi connectivity index (χ1n) is 6.60. The summed E-state index contributed by atoms with van der Waals surface area (Å²) in [5, 5.41) is 7.91. The van der Waals surface area contributed by atoms with Crippen LogP contribution in [0.4, 0.5) is 0 Å². The molecule has 0 atom stereocenters. The number of carbonyl (C=O) groups excluding carboxylic acids is 1. The molecule has 2 rings (SSSR count). The van der Waals surface area contributed by atoms with Gasteiger partial charge in [0, 0.05) is 11.0 Å². The van der Waals surface area contributed by atoms with Crippen LogP contribution in [0.25, 0.3) is 6.08 Å². The number of amides is 1. The molecule has 2 N–H and O–H groups in total. The monoisotopic (exact) mass is 332 g/mol. The second-order valence-electron chi connectivity index (χ2n) is 4.36. The molecular weight excluding hydrogens is 316 g/mol. The number of carbonyl (C=O) groups is 1. The van der Waals surface area contributed by atoms with E-state index < -0.39 is 0 Å². The fraction of sp³-hybridized carbons (Fsp3) is 0.125. The lowest BCUT2D eigenvalue weighted by molar-refractivity contribution is -0.115. The molecule has 6 heteroatoms. The van der Waals surface area contributed by atoms with Crippen molar-refractivity contribution < 1.29 is 9.53 Å². The van der Waals surface area contributed by atoms with Crippen LogP contribution in [0.15, 0.2) is 47.9 Å². The third-order valence-corrected chi connectivity index (χ3v) is 3.91. The van der Waals surface area contributed by atoms with Gasteiger partial charge < -0.3 is 10.1 Å². The first-order chi connectivity index (χ1) is 10.7. The molecule has 0 unspecified atom stereocenters. The van der Waals surface area contributed by atoms with Crippen LogP contribution in [0.2, 0.25) is 0 Å². The van der Waals surface area contributed by atoms with E-state index in [0.717, 1.165) is 16.2 Å². The minimum absolute atomic E-state index is 0.264. The predicted molar refractivity (Wildman–Crippen MR) is 93.9 cm³/mol. The number of benzene rings is 1. The summed E-state index contributed by atoms with van der Waals surface area (Å²) < 4.78 is 5.08. The van der Waals surface area contributed by atoms with Crippen molar-refractivity contribution in [3.63, 3.8) is 0 Å². The molecule has 0 saturated carbocycles. The lowest BCUT2D eigenvalue weighted by atomic mass is 10.2. The van der Waals surface area contributed by atoms with Gasteiger partial charge in [-0.3, -0.25) is 10.1 Å². The lowest BCUT2D eigenvalue weighted by Gasteiger charge is -2.06. The molecule has 1 heterocycles. The van der Waals surface area contributed by atoms with E-state index in [1.165, 1.54) is 6.08 Å². The number of thiocarbonyl (C=S) groups is 1. The molecule has 1 aromatic carbocycles. The Morgan fingerprint density at radius 3 is 2.73 bits per heavy atom. The van der Waals surface area contributed by atoms with Crippen molar-refractivity contribution in [1.29, 1.82) is 0 Å². The van der Waals surface area contributed by atoms with Crippen molar-refractivity contribution in [3.05, 3.63) is 58.3 Å². The van der Waals surface area contributed by atoms with Crippen LogP contribution in [0, 0.1) is 0 Å². The fourth-order valence-electron chi connectivity index (χ4n) is 1.67. The highest BCUT2D eigenvalue weighted by atomic mass is 32.1. The standard InChI is InChI=1S/C16H16N2O2S2/c1-20-13-7-4-12(5-8-13)6-9-15(19)18-16(21)17-11-14-3-2-10-22-14/h2-10H,11H2,1H3,(H2,17,18,19,21). The maximum Gasteiger partial charge on any atom is 0.250 e. The average Bonchev–Trinajstić information content (AvgIpc) is 3.05. The molecule has 0 aliphatic heterocycles. The number of nitrogens with one attached hydrogen (secondary N) is 2. The number of hydrogen-bond acceptors (Lipinski definition) is 4. The highest BCUT2D eigenvalue weighted by Crippen LogP contribution is 2.12. The molecule has 1 aromatic heterocycles. The maximum atomic E-state index is 11.8. The van der Waals surface area contributed by atoms with E-state index in [1.54, 1.807) is 24.5 Å². The summed E-state index contributed by atoms with van der Waals surface area (Å²) in [4.78, 5) is 12.9. The fourth-order valence-corrected chi connectivity index (χ4v) is 2.48. The summed E-state index contributed by atoms with van der Waals surface area (Å²) in [5.41, 5.74) is 0.911. The van der Waals surface area contributed by atoms with Crippen molar-refractivity contribution in [2.45, 2.75) is 6.54 Å². The Morgan fingerprint density at radius 2 is 2.09 bits per heavy atom. The SMILES string of the molecule is COc1ccc(C=CC(=O)NC(=S)NCc2cccs2)cc1. The Hall–Kier alpha value is -2.18. The Morgan fingerprint density at radius 1 is 1.32 bits per heavy atom. The van der Waals surface area contributed by atoms with Gasteiger partial charge in [0.2, 0.25) is 5.91 Å². The van der Waals surface area contributed by atoms with Crippen LogP contribution in [-0.2, 0) is 11.3 Å². The highest BCUT2D eigenvalue weighted by molar-refractivity contribution is 7.80. The number of thiophene rings is 1.